The van der Waals surface area contributed by atoms with Crippen LogP contribution < -0.4 is 14.4 Å². The van der Waals surface area contributed by atoms with Gasteiger partial charge in [0.1, 0.15) is 5.75 Å². The fourth-order valence-electron chi connectivity index (χ4n) is 3.05. The Kier molecular flexibility index (Phi) is 5.61. The summed E-state index contributed by atoms with van der Waals surface area (Å²) in [4.78, 5) is 6.80. The number of ether oxygens (including phenoxy) is 1. The molecule has 6 nitrogen and oxygen atoms in total. The van der Waals surface area contributed by atoms with Crippen molar-refractivity contribution in [3.63, 3.8) is 0 Å². The standard InChI is InChI=1S/C17H23N3O3S2/c1-3-23-16-7-6-15(11-13(16)2)25(21,22)19-12-14-5-4-9-20(14)17-18-8-10-24-17/h6-8,10-11,14,19H,3-5,9,12H2,1-2H3. The van der Waals surface area contributed by atoms with Gasteiger partial charge in [0.15, 0.2) is 5.13 Å². The van der Waals surface area contributed by atoms with Gasteiger partial charge in [-0.15, -0.1) is 11.3 Å². The lowest BCUT2D eigenvalue weighted by atomic mass is 10.2. The first kappa shape index (κ1) is 18.2. The molecule has 2 heterocycles. The molecule has 0 saturated carbocycles. The van der Waals surface area contributed by atoms with Crippen molar-refractivity contribution in [2.45, 2.75) is 37.6 Å². The second-order valence-corrected chi connectivity index (χ2v) is 8.66. The Labute approximate surface area is 152 Å². The molecule has 1 saturated heterocycles. The number of aromatic nitrogens is 1. The minimum Gasteiger partial charge on any atom is -0.494 e. The summed E-state index contributed by atoms with van der Waals surface area (Å²) in [5.74, 6) is 0.715. The summed E-state index contributed by atoms with van der Waals surface area (Å²) in [7, 11) is -3.54. The zero-order valence-electron chi connectivity index (χ0n) is 14.4. The molecule has 1 aliphatic rings. The van der Waals surface area contributed by atoms with Gasteiger partial charge in [-0.05, 0) is 50.5 Å². The Morgan fingerprint density at radius 1 is 1.44 bits per heavy atom. The van der Waals surface area contributed by atoms with Gasteiger partial charge in [-0.1, -0.05) is 0 Å². The Bertz CT molecular complexity index is 807. The number of thiazole rings is 1. The molecule has 1 aliphatic heterocycles. The first-order valence-corrected chi connectivity index (χ1v) is 10.8. The number of benzene rings is 1. The number of anilines is 1. The van der Waals surface area contributed by atoms with Gasteiger partial charge in [-0.2, -0.15) is 0 Å². The molecule has 0 amide bonds. The number of nitrogens with one attached hydrogen (secondary N) is 1. The van der Waals surface area contributed by atoms with Crippen LogP contribution in [0.4, 0.5) is 5.13 Å². The normalized spacial score (nSPS) is 17.8. The fraction of sp³-hybridized carbons (Fsp3) is 0.471. The van der Waals surface area contributed by atoms with Crippen LogP contribution in [0.25, 0.3) is 0 Å². The zero-order valence-corrected chi connectivity index (χ0v) is 16.1. The van der Waals surface area contributed by atoms with Gasteiger partial charge >= 0.3 is 0 Å². The highest BCUT2D eigenvalue weighted by molar-refractivity contribution is 7.89. The number of hydrogen-bond acceptors (Lipinski definition) is 6. The van der Waals surface area contributed by atoms with E-state index in [1.165, 1.54) is 0 Å². The van der Waals surface area contributed by atoms with Crippen molar-refractivity contribution in [2.75, 3.05) is 24.6 Å². The molecule has 1 aromatic heterocycles. The molecule has 3 rings (SSSR count). The van der Waals surface area contributed by atoms with Crippen LogP contribution in [-0.2, 0) is 10.0 Å². The Morgan fingerprint density at radius 2 is 2.28 bits per heavy atom. The average Bonchev–Trinajstić information content (AvgIpc) is 3.26. The van der Waals surface area contributed by atoms with Gasteiger partial charge in [0.05, 0.1) is 11.5 Å². The highest BCUT2D eigenvalue weighted by atomic mass is 32.2. The van der Waals surface area contributed by atoms with Gasteiger partial charge in [0.2, 0.25) is 10.0 Å². The van der Waals surface area contributed by atoms with Crippen molar-refractivity contribution in [3.8, 4) is 5.75 Å². The van der Waals surface area contributed by atoms with Crippen molar-refractivity contribution in [3.05, 3.63) is 35.3 Å². The number of nitrogens with zero attached hydrogens (tertiary/aromatic N) is 2. The van der Waals surface area contributed by atoms with E-state index < -0.39 is 10.0 Å². The topological polar surface area (TPSA) is 71.5 Å². The van der Waals surface area contributed by atoms with E-state index in [9.17, 15) is 8.42 Å². The first-order chi connectivity index (χ1) is 12.0. The van der Waals surface area contributed by atoms with Crippen LogP contribution in [0.5, 0.6) is 5.75 Å². The molecule has 25 heavy (non-hydrogen) atoms. The summed E-state index contributed by atoms with van der Waals surface area (Å²) in [6.45, 7) is 5.61. The predicted octanol–water partition coefficient (Wildman–Crippen LogP) is 2.80. The monoisotopic (exact) mass is 381 g/mol. The highest BCUT2D eigenvalue weighted by Gasteiger charge is 2.28. The number of aryl methyl sites for hydroxylation is 1. The number of sulfonamides is 1. The summed E-state index contributed by atoms with van der Waals surface area (Å²) in [5, 5.41) is 2.90. The quantitative estimate of drug-likeness (QED) is 0.798. The lowest BCUT2D eigenvalue weighted by Crippen LogP contribution is -2.40. The molecule has 0 radical (unpaired) electrons. The van der Waals surface area contributed by atoms with Crippen molar-refractivity contribution in [1.29, 1.82) is 0 Å². The molecule has 1 unspecified atom stereocenters. The van der Waals surface area contributed by atoms with Crippen molar-refractivity contribution in [2.24, 2.45) is 0 Å². The average molecular weight is 382 g/mol. The third-order valence-electron chi connectivity index (χ3n) is 4.31. The maximum absolute atomic E-state index is 12.6. The van der Waals surface area contributed by atoms with Gasteiger partial charge in [-0.3, -0.25) is 0 Å². The fourth-order valence-corrected chi connectivity index (χ4v) is 4.95. The molecule has 8 heteroatoms. The molecule has 1 fully saturated rings. The maximum atomic E-state index is 12.6. The second kappa shape index (κ2) is 7.72. The van der Waals surface area contributed by atoms with Gasteiger partial charge < -0.3 is 9.64 Å². The van der Waals surface area contributed by atoms with Gasteiger partial charge in [-0.25, -0.2) is 18.1 Å². The molecule has 2 aromatic rings. The summed E-state index contributed by atoms with van der Waals surface area (Å²) in [6, 6.07) is 5.10. The molecule has 1 aromatic carbocycles. The van der Waals surface area contributed by atoms with E-state index in [0.29, 0.717) is 18.9 Å². The van der Waals surface area contributed by atoms with E-state index in [0.717, 1.165) is 30.1 Å². The van der Waals surface area contributed by atoms with E-state index in [1.807, 2.05) is 19.2 Å². The van der Waals surface area contributed by atoms with E-state index >= 15 is 0 Å². The SMILES string of the molecule is CCOc1ccc(S(=O)(=O)NCC2CCCN2c2nccs2)cc1C. The summed E-state index contributed by atoms with van der Waals surface area (Å²) in [5.41, 5.74) is 0.815. The largest absolute Gasteiger partial charge is 0.494 e. The number of hydrogen-bond donors (Lipinski definition) is 1. The minimum atomic E-state index is -3.54. The zero-order chi connectivity index (χ0) is 17.9. The minimum absolute atomic E-state index is 0.143. The Morgan fingerprint density at radius 3 is 2.96 bits per heavy atom. The van der Waals surface area contributed by atoms with Crippen molar-refractivity contribution >= 4 is 26.5 Å². The van der Waals surface area contributed by atoms with E-state index in [-0.39, 0.29) is 10.9 Å². The van der Waals surface area contributed by atoms with Gasteiger partial charge in [0.25, 0.3) is 0 Å². The second-order valence-electron chi connectivity index (χ2n) is 6.02. The van der Waals surface area contributed by atoms with Gasteiger partial charge in [0, 0.05) is 30.7 Å². The molecule has 0 aliphatic carbocycles. The molecule has 1 atom stereocenters. The third-order valence-corrected chi connectivity index (χ3v) is 6.54. The van der Waals surface area contributed by atoms with Crippen LogP contribution in [0.3, 0.4) is 0 Å². The van der Waals surface area contributed by atoms with Crippen LogP contribution in [0.1, 0.15) is 25.3 Å². The number of rotatable bonds is 7. The van der Waals surface area contributed by atoms with E-state index in [4.69, 9.17) is 4.74 Å². The molecular weight excluding hydrogens is 358 g/mol. The lowest BCUT2D eigenvalue weighted by Gasteiger charge is -2.24. The Hall–Kier alpha value is -1.64. The van der Waals surface area contributed by atoms with Crippen LogP contribution in [0.15, 0.2) is 34.7 Å². The molecule has 136 valence electrons. The summed E-state index contributed by atoms with van der Waals surface area (Å²) >= 11 is 1.59. The third kappa shape index (κ3) is 4.13. The highest BCUT2D eigenvalue weighted by Crippen LogP contribution is 2.27. The smallest absolute Gasteiger partial charge is 0.240 e. The van der Waals surface area contributed by atoms with Crippen molar-refractivity contribution in [1.82, 2.24) is 9.71 Å². The van der Waals surface area contributed by atoms with Crippen LogP contribution in [0.2, 0.25) is 0 Å². The predicted molar refractivity (Wildman–Crippen MR) is 100 cm³/mol. The lowest BCUT2D eigenvalue weighted by molar-refractivity contribution is 0.337. The maximum Gasteiger partial charge on any atom is 0.240 e. The van der Waals surface area contributed by atoms with Crippen molar-refractivity contribution < 1.29 is 13.2 Å². The first-order valence-electron chi connectivity index (χ1n) is 8.40. The molecule has 0 spiro atoms. The van der Waals surface area contributed by atoms with Crippen LogP contribution in [0, 0.1) is 6.92 Å². The molecule has 1 N–H and O–H groups in total. The van der Waals surface area contributed by atoms with Crippen LogP contribution >= 0.6 is 11.3 Å². The molecular formula is C17H23N3O3S2. The summed E-state index contributed by atoms with van der Waals surface area (Å²) < 4.78 is 33.5. The van der Waals surface area contributed by atoms with Crippen LogP contribution in [-0.4, -0.2) is 39.1 Å². The Balaban J connectivity index is 1.68. The summed E-state index contributed by atoms with van der Waals surface area (Å²) in [6.07, 6.45) is 3.79. The van der Waals surface area contributed by atoms with E-state index in [2.05, 4.69) is 14.6 Å². The molecule has 0 bridgehead atoms. The van der Waals surface area contributed by atoms with E-state index in [1.54, 1.807) is 35.7 Å².